The molecule has 12 heteroatoms. The molecule has 1 aliphatic rings. The van der Waals surface area contributed by atoms with Gasteiger partial charge in [-0.2, -0.15) is 0 Å². The minimum absolute atomic E-state index is 0.0560. The molecule has 1 aromatic heterocycles. The highest BCUT2D eigenvalue weighted by atomic mass is 16.7. The molecule has 1 aliphatic heterocycles. The number of unbranched alkanes of at least 4 members (excludes halogenated alkanes) is 3. The van der Waals surface area contributed by atoms with Crippen LogP contribution in [0.2, 0.25) is 0 Å². The molecule has 0 spiro atoms. The lowest BCUT2D eigenvalue weighted by Gasteiger charge is -2.23. The molecule has 0 bridgehead atoms. The Morgan fingerprint density at radius 2 is 1.89 bits per heavy atom. The smallest absolute Gasteiger partial charge is 0.330 e. The third-order valence-corrected chi connectivity index (χ3v) is 5.59. The zero-order valence-corrected chi connectivity index (χ0v) is 19.7. The highest BCUT2D eigenvalue weighted by molar-refractivity contribution is 6.05. The second kappa shape index (κ2) is 11.4. The molecule has 0 aliphatic carbocycles. The lowest BCUT2D eigenvalue weighted by molar-refractivity contribution is -0.385. The van der Waals surface area contributed by atoms with Gasteiger partial charge in [0.1, 0.15) is 5.82 Å². The summed E-state index contributed by atoms with van der Waals surface area (Å²) in [7, 11) is 0. The van der Waals surface area contributed by atoms with E-state index in [0.29, 0.717) is 25.1 Å². The van der Waals surface area contributed by atoms with Crippen molar-refractivity contribution in [2.24, 2.45) is 0 Å². The third kappa shape index (κ3) is 5.70. The average Bonchev–Trinajstić information content (AvgIpc) is 3.28. The van der Waals surface area contributed by atoms with Crippen molar-refractivity contribution in [1.82, 2.24) is 9.55 Å². The van der Waals surface area contributed by atoms with E-state index >= 15 is 0 Å². The third-order valence-electron chi connectivity index (χ3n) is 5.59. The molecule has 1 aromatic carbocycles. The van der Waals surface area contributed by atoms with E-state index in [2.05, 4.69) is 4.98 Å². The monoisotopic (exact) mass is 487 g/mol. The Balaban J connectivity index is 2.01. The topological polar surface area (TPSA) is 163 Å². The predicted molar refractivity (Wildman–Crippen MR) is 131 cm³/mol. The van der Waals surface area contributed by atoms with Crippen LogP contribution in [0.25, 0.3) is 6.08 Å². The van der Waals surface area contributed by atoms with Crippen molar-refractivity contribution in [1.29, 1.82) is 0 Å². The number of nitrogens with zero attached hydrogens (tertiary/aromatic N) is 3. The number of hydrogen-bond acceptors (Lipinski definition) is 8. The Morgan fingerprint density at radius 1 is 1.20 bits per heavy atom. The first-order valence-electron chi connectivity index (χ1n) is 11.5. The highest BCUT2D eigenvalue weighted by Crippen LogP contribution is 2.38. The van der Waals surface area contributed by atoms with E-state index in [0.717, 1.165) is 25.3 Å². The van der Waals surface area contributed by atoms with E-state index in [-0.39, 0.29) is 41.8 Å². The van der Waals surface area contributed by atoms with Gasteiger partial charge >= 0.3 is 5.69 Å². The number of carbonyl (C=O) groups excluding carboxylic acids is 1. The number of benzene rings is 1. The number of hydrogen-bond donors (Lipinski definition) is 2. The van der Waals surface area contributed by atoms with Crippen LogP contribution < -0.4 is 31.4 Å². The van der Waals surface area contributed by atoms with Gasteiger partial charge in [0, 0.05) is 19.2 Å². The maximum Gasteiger partial charge on any atom is 0.330 e. The molecular formula is C23H29N5O7. The van der Waals surface area contributed by atoms with E-state index in [1.165, 1.54) is 27.7 Å². The Kier molecular flexibility index (Phi) is 8.29. The number of aromatic nitrogens is 2. The Hall–Kier alpha value is -4.09. The van der Waals surface area contributed by atoms with Crippen LogP contribution in [0.15, 0.2) is 27.8 Å². The molecule has 3 rings (SSSR count). The molecule has 0 atom stereocenters. The Bertz CT molecular complexity index is 1250. The molecule has 0 unspecified atom stereocenters. The van der Waals surface area contributed by atoms with Gasteiger partial charge in [-0.3, -0.25) is 29.3 Å². The molecular weight excluding hydrogens is 458 g/mol. The number of aromatic amines is 1. The van der Waals surface area contributed by atoms with Crippen molar-refractivity contribution in [2.75, 3.05) is 24.0 Å². The van der Waals surface area contributed by atoms with Crippen molar-refractivity contribution >= 4 is 29.2 Å². The van der Waals surface area contributed by atoms with Gasteiger partial charge in [0.25, 0.3) is 17.2 Å². The van der Waals surface area contributed by atoms with Gasteiger partial charge in [0.05, 0.1) is 16.6 Å². The van der Waals surface area contributed by atoms with Gasteiger partial charge < -0.3 is 20.1 Å². The van der Waals surface area contributed by atoms with Crippen LogP contribution in [0.4, 0.5) is 17.2 Å². The zero-order chi connectivity index (χ0) is 25.5. The number of nitro groups is 1. The second-order valence-corrected chi connectivity index (χ2v) is 8.05. The predicted octanol–water partition coefficient (Wildman–Crippen LogP) is 2.79. The van der Waals surface area contributed by atoms with E-state index < -0.39 is 22.1 Å². The summed E-state index contributed by atoms with van der Waals surface area (Å²) in [4.78, 5) is 52.7. The molecule has 35 heavy (non-hydrogen) atoms. The summed E-state index contributed by atoms with van der Waals surface area (Å²) in [6.07, 6.45) is 6.15. The summed E-state index contributed by atoms with van der Waals surface area (Å²) in [5, 5.41) is 11.5. The molecule has 1 amide bonds. The number of carbonyl (C=O) groups is 1. The summed E-state index contributed by atoms with van der Waals surface area (Å²) in [6, 6.07) is 2.65. The average molecular weight is 488 g/mol. The summed E-state index contributed by atoms with van der Waals surface area (Å²) in [5.41, 5.74) is 4.55. The first-order valence-corrected chi connectivity index (χ1v) is 11.5. The number of nitro benzene ring substituents is 1. The molecule has 12 nitrogen and oxygen atoms in total. The second-order valence-electron chi connectivity index (χ2n) is 8.05. The maximum absolute atomic E-state index is 13.3. The maximum atomic E-state index is 13.3. The van der Waals surface area contributed by atoms with E-state index in [4.69, 9.17) is 15.2 Å². The van der Waals surface area contributed by atoms with Crippen LogP contribution in [-0.2, 0) is 11.3 Å². The van der Waals surface area contributed by atoms with Crippen molar-refractivity contribution < 1.29 is 19.2 Å². The van der Waals surface area contributed by atoms with Gasteiger partial charge in [-0.25, -0.2) is 4.79 Å². The fourth-order valence-electron chi connectivity index (χ4n) is 3.72. The number of amides is 1. The van der Waals surface area contributed by atoms with Crippen LogP contribution in [0.3, 0.4) is 0 Å². The number of nitrogens with two attached hydrogens (primary N) is 1. The van der Waals surface area contributed by atoms with E-state index in [1.807, 2.05) is 13.8 Å². The van der Waals surface area contributed by atoms with Crippen molar-refractivity contribution in [3.8, 4) is 11.5 Å². The first kappa shape index (κ1) is 25.5. The molecule has 3 N–H and O–H groups in total. The van der Waals surface area contributed by atoms with Crippen molar-refractivity contribution in [3.63, 3.8) is 0 Å². The summed E-state index contributed by atoms with van der Waals surface area (Å²) in [5.74, 6) is -0.133. The van der Waals surface area contributed by atoms with Crippen LogP contribution >= 0.6 is 0 Å². The zero-order valence-electron chi connectivity index (χ0n) is 19.7. The molecule has 2 heterocycles. The van der Waals surface area contributed by atoms with Crippen LogP contribution in [0, 0.1) is 10.1 Å². The largest absolute Gasteiger partial charge is 0.454 e. The molecule has 188 valence electrons. The normalized spacial score (nSPS) is 12.3. The molecule has 0 radical (unpaired) electrons. The van der Waals surface area contributed by atoms with Gasteiger partial charge in [-0.05, 0) is 25.0 Å². The summed E-state index contributed by atoms with van der Waals surface area (Å²) in [6.45, 7) is 4.37. The quantitative estimate of drug-likeness (QED) is 0.211. The number of nitrogen functional groups attached to an aromatic ring is 1. The first-order chi connectivity index (χ1) is 16.8. The van der Waals surface area contributed by atoms with Crippen LogP contribution in [0.5, 0.6) is 11.5 Å². The highest BCUT2D eigenvalue weighted by Gasteiger charge is 2.25. The number of ether oxygens (including phenoxy) is 2. The fourth-order valence-corrected chi connectivity index (χ4v) is 3.72. The van der Waals surface area contributed by atoms with Gasteiger partial charge in [0.2, 0.25) is 6.79 Å². The molecule has 0 saturated heterocycles. The Morgan fingerprint density at radius 3 is 2.54 bits per heavy atom. The SMILES string of the molecule is CCCCCN(C(=O)/C=C/c1cc2c(cc1[N+](=O)[O-])OCO2)c1c(N)n(CCCC)c(=O)[nH]c1=O. The van der Waals surface area contributed by atoms with Crippen molar-refractivity contribution in [2.45, 2.75) is 52.5 Å². The number of rotatable bonds is 11. The lowest BCUT2D eigenvalue weighted by atomic mass is 10.1. The number of anilines is 2. The Labute approximate surface area is 201 Å². The van der Waals surface area contributed by atoms with Crippen LogP contribution in [-0.4, -0.2) is 33.7 Å². The number of H-pyrrole nitrogens is 1. The van der Waals surface area contributed by atoms with Crippen LogP contribution in [0.1, 0.15) is 51.5 Å². The van der Waals surface area contributed by atoms with Gasteiger partial charge in [-0.1, -0.05) is 33.1 Å². The number of nitrogens with one attached hydrogen (secondary N) is 1. The molecule has 0 saturated carbocycles. The van der Waals surface area contributed by atoms with E-state index in [9.17, 15) is 24.5 Å². The standard InChI is InChI=1S/C23H29N5O7/c1-3-5-7-11-26(20-21(24)27(10-6-4-2)23(31)25-22(20)30)19(29)9-8-15-12-17-18(35-14-34-17)13-16(15)28(32)33/h8-9,12-13H,3-7,10-11,14,24H2,1-2H3,(H,25,30,31)/b9-8+. The van der Waals surface area contributed by atoms with Gasteiger partial charge in [-0.15, -0.1) is 0 Å². The summed E-state index contributed by atoms with van der Waals surface area (Å²) < 4.78 is 11.7. The minimum Gasteiger partial charge on any atom is -0.454 e. The molecule has 0 fully saturated rings. The lowest BCUT2D eigenvalue weighted by Crippen LogP contribution is -2.41. The van der Waals surface area contributed by atoms with Crippen molar-refractivity contribution in [3.05, 3.63) is 54.7 Å². The van der Waals surface area contributed by atoms with E-state index in [1.54, 1.807) is 0 Å². The molecule has 2 aromatic rings. The summed E-state index contributed by atoms with van der Waals surface area (Å²) >= 11 is 0. The fraction of sp³-hybridized carbons (Fsp3) is 0.435. The number of fused-ring (bicyclic) bond motifs is 1. The van der Waals surface area contributed by atoms with Gasteiger partial charge in [0.15, 0.2) is 17.2 Å². The minimum atomic E-state index is -0.771.